The van der Waals surface area contributed by atoms with Crippen molar-refractivity contribution in [1.29, 1.82) is 0 Å². The molecule has 0 unspecified atom stereocenters. The molecule has 0 aliphatic carbocycles. The van der Waals surface area contributed by atoms with Crippen LogP contribution < -0.4 is 4.90 Å². The summed E-state index contributed by atoms with van der Waals surface area (Å²) in [4.78, 5) is 19.3. The zero-order chi connectivity index (χ0) is 17.1. The van der Waals surface area contributed by atoms with E-state index in [0.29, 0.717) is 12.5 Å². The van der Waals surface area contributed by atoms with Crippen LogP contribution in [0.4, 0.5) is 5.82 Å². The predicted octanol–water partition coefficient (Wildman–Crippen LogP) is 2.82. The molecule has 0 N–H and O–H groups in total. The Morgan fingerprint density at radius 2 is 1.68 bits per heavy atom. The summed E-state index contributed by atoms with van der Waals surface area (Å²) in [6.07, 6.45) is 4.86. The van der Waals surface area contributed by atoms with Crippen molar-refractivity contribution in [3.8, 4) is 0 Å². The molecule has 4 rings (SSSR count). The number of fused-ring (bicyclic) bond motifs is 1. The number of hydrogen-bond donors (Lipinski definition) is 0. The fourth-order valence-electron chi connectivity index (χ4n) is 3.83. The fourth-order valence-corrected chi connectivity index (χ4v) is 4.63. The Balaban J connectivity index is 1.33. The number of piperazine rings is 1. The third-order valence-electron chi connectivity index (χ3n) is 5.35. The van der Waals surface area contributed by atoms with E-state index >= 15 is 0 Å². The Bertz CT molecular complexity index is 715. The second-order valence-corrected chi connectivity index (χ2v) is 7.87. The first kappa shape index (κ1) is 16.8. The van der Waals surface area contributed by atoms with Crippen LogP contribution in [0.5, 0.6) is 0 Å². The molecule has 5 nitrogen and oxygen atoms in total. The molecule has 0 bridgehead atoms. The Labute approximate surface area is 153 Å². The topological polar surface area (TPSA) is 39.7 Å². The molecule has 1 aromatic heterocycles. The molecule has 2 aliphatic rings. The van der Waals surface area contributed by atoms with Crippen LogP contribution in [0, 0.1) is 0 Å². The Hall–Kier alpha value is -1.66. The Morgan fingerprint density at radius 1 is 0.960 bits per heavy atom. The number of benzene rings is 1. The quantitative estimate of drug-likeness (QED) is 0.846. The molecule has 1 aromatic carbocycles. The van der Waals surface area contributed by atoms with Gasteiger partial charge in [0.25, 0.3) is 0 Å². The van der Waals surface area contributed by atoms with E-state index in [0.717, 1.165) is 57.9 Å². The zero-order valence-electron chi connectivity index (χ0n) is 14.7. The maximum absolute atomic E-state index is 12.6. The summed E-state index contributed by atoms with van der Waals surface area (Å²) >= 11 is 1.57. The standard InChI is InChI=1S/C19H26N4OS/c24-18(22-9-5-1-2-6-10-22)15-21-11-13-23(14-12-21)19-16-7-3-4-8-17(16)25-20-19/h3-4,7-8H,1-2,5-6,9-15H2. The smallest absolute Gasteiger partial charge is 0.236 e. The molecule has 2 aliphatic heterocycles. The molecule has 134 valence electrons. The van der Waals surface area contributed by atoms with Crippen LogP contribution in [0.2, 0.25) is 0 Å². The van der Waals surface area contributed by atoms with Gasteiger partial charge >= 0.3 is 0 Å². The number of nitrogens with zero attached hydrogens (tertiary/aromatic N) is 4. The number of likely N-dealkylation sites (tertiary alicyclic amines) is 1. The van der Waals surface area contributed by atoms with E-state index in [1.54, 1.807) is 11.5 Å². The molecule has 3 heterocycles. The number of carbonyl (C=O) groups is 1. The second-order valence-electron chi connectivity index (χ2n) is 7.06. The molecule has 2 saturated heterocycles. The molecule has 25 heavy (non-hydrogen) atoms. The molecule has 0 saturated carbocycles. The maximum atomic E-state index is 12.6. The van der Waals surface area contributed by atoms with Gasteiger partial charge in [-0.2, -0.15) is 4.37 Å². The third kappa shape index (κ3) is 3.80. The Morgan fingerprint density at radius 3 is 2.44 bits per heavy atom. The first-order valence-electron chi connectivity index (χ1n) is 9.41. The minimum Gasteiger partial charge on any atom is -0.353 e. The summed E-state index contributed by atoms with van der Waals surface area (Å²) < 4.78 is 5.91. The van der Waals surface area contributed by atoms with Crippen LogP contribution in [-0.2, 0) is 4.79 Å². The van der Waals surface area contributed by atoms with E-state index < -0.39 is 0 Å². The zero-order valence-corrected chi connectivity index (χ0v) is 15.5. The van der Waals surface area contributed by atoms with Gasteiger partial charge < -0.3 is 9.80 Å². The van der Waals surface area contributed by atoms with Crippen molar-refractivity contribution < 1.29 is 4.79 Å². The van der Waals surface area contributed by atoms with E-state index in [1.165, 1.54) is 22.9 Å². The van der Waals surface area contributed by atoms with Crippen molar-refractivity contribution in [2.75, 3.05) is 50.7 Å². The average Bonchev–Trinajstić information content (AvgIpc) is 2.88. The summed E-state index contributed by atoms with van der Waals surface area (Å²) in [5.41, 5.74) is 0. The molecule has 0 radical (unpaired) electrons. The average molecular weight is 359 g/mol. The van der Waals surface area contributed by atoms with E-state index in [2.05, 4.69) is 43.3 Å². The number of hydrogen-bond acceptors (Lipinski definition) is 5. The lowest BCUT2D eigenvalue weighted by atomic mass is 10.2. The second kappa shape index (κ2) is 7.70. The van der Waals surface area contributed by atoms with Gasteiger partial charge in [-0.1, -0.05) is 25.0 Å². The van der Waals surface area contributed by atoms with Crippen molar-refractivity contribution in [1.82, 2.24) is 14.2 Å². The number of rotatable bonds is 3. The maximum Gasteiger partial charge on any atom is 0.236 e. The van der Waals surface area contributed by atoms with E-state index in [4.69, 9.17) is 0 Å². The highest BCUT2D eigenvalue weighted by Gasteiger charge is 2.24. The molecular formula is C19H26N4OS. The summed E-state index contributed by atoms with van der Waals surface area (Å²) in [6.45, 7) is 6.23. The highest BCUT2D eigenvalue weighted by atomic mass is 32.1. The number of amides is 1. The molecule has 1 amide bonds. The Kier molecular flexibility index (Phi) is 5.17. The molecule has 0 spiro atoms. The van der Waals surface area contributed by atoms with E-state index in [9.17, 15) is 4.79 Å². The van der Waals surface area contributed by atoms with Crippen LogP contribution in [-0.4, -0.2) is 65.9 Å². The number of carbonyl (C=O) groups excluding carboxylic acids is 1. The molecule has 6 heteroatoms. The van der Waals surface area contributed by atoms with Gasteiger partial charge in [-0.05, 0) is 36.5 Å². The third-order valence-corrected chi connectivity index (χ3v) is 6.16. The minimum absolute atomic E-state index is 0.314. The van der Waals surface area contributed by atoms with Gasteiger partial charge in [0, 0.05) is 44.7 Å². The lowest BCUT2D eigenvalue weighted by Crippen LogP contribution is -2.50. The molecular weight excluding hydrogens is 332 g/mol. The fraction of sp³-hybridized carbons (Fsp3) is 0.579. The van der Waals surface area contributed by atoms with Crippen LogP contribution in [0.25, 0.3) is 10.1 Å². The van der Waals surface area contributed by atoms with Gasteiger partial charge in [0.05, 0.1) is 11.2 Å². The van der Waals surface area contributed by atoms with Crippen molar-refractivity contribution in [3.05, 3.63) is 24.3 Å². The van der Waals surface area contributed by atoms with Crippen LogP contribution in [0.3, 0.4) is 0 Å². The van der Waals surface area contributed by atoms with Crippen molar-refractivity contribution in [2.45, 2.75) is 25.7 Å². The highest BCUT2D eigenvalue weighted by Crippen LogP contribution is 2.29. The van der Waals surface area contributed by atoms with E-state index in [-0.39, 0.29) is 0 Å². The largest absolute Gasteiger partial charge is 0.353 e. The van der Waals surface area contributed by atoms with Gasteiger partial charge in [0.2, 0.25) is 5.91 Å². The van der Waals surface area contributed by atoms with Gasteiger partial charge in [-0.3, -0.25) is 9.69 Å². The monoisotopic (exact) mass is 358 g/mol. The van der Waals surface area contributed by atoms with Crippen LogP contribution in [0.15, 0.2) is 24.3 Å². The normalized spacial score (nSPS) is 20.0. The van der Waals surface area contributed by atoms with Gasteiger partial charge in [0.15, 0.2) is 0 Å². The number of anilines is 1. The van der Waals surface area contributed by atoms with Crippen LogP contribution in [0.1, 0.15) is 25.7 Å². The summed E-state index contributed by atoms with van der Waals surface area (Å²) in [5, 5.41) is 1.25. The first-order valence-corrected chi connectivity index (χ1v) is 10.2. The van der Waals surface area contributed by atoms with Crippen molar-refractivity contribution in [3.63, 3.8) is 0 Å². The van der Waals surface area contributed by atoms with Crippen LogP contribution >= 0.6 is 11.5 Å². The lowest BCUT2D eigenvalue weighted by molar-refractivity contribution is -0.132. The molecule has 0 atom stereocenters. The van der Waals surface area contributed by atoms with Crippen molar-refractivity contribution in [2.24, 2.45) is 0 Å². The first-order chi connectivity index (χ1) is 12.3. The number of aromatic nitrogens is 1. The molecule has 2 aromatic rings. The molecule has 2 fully saturated rings. The van der Waals surface area contributed by atoms with Gasteiger partial charge in [0.1, 0.15) is 5.82 Å². The lowest BCUT2D eigenvalue weighted by Gasteiger charge is -2.35. The summed E-state index contributed by atoms with van der Waals surface area (Å²) in [7, 11) is 0. The predicted molar refractivity (Wildman–Crippen MR) is 103 cm³/mol. The van der Waals surface area contributed by atoms with Gasteiger partial charge in [-0.15, -0.1) is 0 Å². The van der Waals surface area contributed by atoms with Crippen molar-refractivity contribution >= 4 is 33.3 Å². The SMILES string of the molecule is O=C(CN1CCN(c2nsc3ccccc23)CC1)N1CCCCCC1. The minimum atomic E-state index is 0.314. The van der Waals surface area contributed by atoms with E-state index in [1.807, 2.05) is 0 Å². The summed E-state index contributed by atoms with van der Waals surface area (Å²) in [5.74, 6) is 1.42. The summed E-state index contributed by atoms with van der Waals surface area (Å²) in [6, 6.07) is 8.43. The highest BCUT2D eigenvalue weighted by molar-refractivity contribution is 7.13. The van der Waals surface area contributed by atoms with Gasteiger partial charge in [-0.25, -0.2) is 0 Å².